The molecule has 13 atom stereocenters. The van der Waals surface area contributed by atoms with Gasteiger partial charge < -0.3 is 20.6 Å². The van der Waals surface area contributed by atoms with Crippen LogP contribution in [-0.2, 0) is 19.2 Å². The number of aliphatic carboxylic acids is 1. The van der Waals surface area contributed by atoms with Crippen LogP contribution in [0.2, 0.25) is 0 Å². The molecule has 0 saturated heterocycles. The van der Waals surface area contributed by atoms with Crippen LogP contribution in [0.25, 0.3) is 0 Å². The molecule has 0 aromatic carbocycles. The van der Waals surface area contributed by atoms with Crippen LogP contribution >= 0.6 is 0 Å². The molecule has 13 unspecified atom stereocenters. The fraction of sp³-hybridized carbons (Fsp3) is 0.854. The second kappa shape index (κ2) is 13.4. The van der Waals surface area contributed by atoms with Gasteiger partial charge in [0.05, 0.1) is 19.1 Å². The molecule has 0 aromatic rings. The van der Waals surface area contributed by atoms with Gasteiger partial charge in [-0.3, -0.25) is 24.5 Å². The summed E-state index contributed by atoms with van der Waals surface area (Å²) in [6, 6.07) is 0. The summed E-state index contributed by atoms with van der Waals surface area (Å²) in [6.07, 6.45) is 10.2. The molecule has 0 radical (unpaired) electrons. The largest absolute Gasteiger partial charge is 0.481 e. The van der Waals surface area contributed by atoms with Crippen LogP contribution in [0.5, 0.6) is 0 Å². The maximum Gasteiger partial charge on any atom is 0.306 e. The summed E-state index contributed by atoms with van der Waals surface area (Å²) in [4.78, 5) is 52.2. The summed E-state index contributed by atoms with van der Waals surface area (Å²) in [5, 5.41) is 35.1. The molecule has 9 heteroatoms. The van der Waals surface area contributed by atoms with Gasteiger partial charge in [0.15, 0.2) is 11.5 Å². The van der Waals surface area contributed by atoms with Crippen molar-refractivity contribution in [3.63, 3.8) is 0 Å². The number of likely N-dealkylation sites (N-methyl/N-ethyl adjacent to an activating group) is 1. The van der Waals surface area contributed by atoms with Gasteiger partial charge in [0.25, 0.3) is 0 Å². The average Bonchev–Trinajstić information content (AvgIpc) is 3.35. The molecule has 5 saturated carbocycles. The molecule has 5 fully saturated rings. The molecule has 6 aliphatic rings. The standard InChI is InChI=1S/C41H64N2O7/c1-22(2)35-32(46)18-40(19-34(47)43-20-41(50,21-44)42-7)15-12-30-26(36(35)40)8-9-33-38(5)13-10-25(23(3)29(38)11-14-39(30,33)6)16-31(45)27-17-28(24(27)4)37(48)49/h22-30,33,42,44,50H,8-21H2,1-7H3,(H,43,47)(H,48,49). The van der Waals surface area contributed by atoms with Crippen LogP contribution in [0, 0.1) is 75.4 Å². The predicted octanol–water partition coefficient (Wildman–Crippen LogP) is 5.53. The van der Waals surface area contributed by atoms with Crippen LogP contribution in [0.15, 0.2) is 11.1 Å². The van der Waals surface area contributed by atoms with Gasteiger partial charge >= 0.3 is 5.97 Å². The molecule has 280 valence electrons. The zero-order valence-corrected chi connectivity index (χ0v) is 31.6. The third-order valence-electron chi connectivity index (χ3n) is 16.3. The Kier molecular flexibility index (Phi) is 10.1. The maximum absolute atomic E-state index is 13.8. The van der Waals surface area contributed by atoms with E-state index in [2.05, 4.69) is 45.3 Å². The number of carbonyl (C=O) groups is 4. The Balaban J connectivity index is 1.20. The van der Waals surface area contributed by atoms with Gasteiger partial charge in [0, 0.05) is 30.6 Å². The average molecular weight is 697 g/mol. The van der Waals surface area contributed by atoms with Gasteiger partial charge in [0.2, 0.25) is 5.91 Å². The number of carbonyl (C=O) groups excluding carboxylic acids is 3. The van der Waals surface area contributed by atoms with Crippen molar-refractivity contribution in [2.75, 3.05) is 20.2 Å². The number of amides is 1. The summed E-state index contributed by atoms with van der Waals surface area (Å²) < 4.78 is 0. The van der Waals surface area contributed by atoms with E-state index in [1.54, 1.807) is 7.05 Å². The number of ketones is 2. The topological polar surface area (TPSA) is 153 Å². The predicted molar refractivity (Wildman–Crippen MR) is 190 cm³/mol. The van der Waals surface area contributed by atoms with Crippen molar-refractivity contribution < 1.29 is 34.5 Å². The Morgan fingerprint density at radius 1 is 0.940 bits per heavy atom. The van der Waals surface area contributed by atoms with Gasteiger partial charge in [-0.1, -0.05) is 47.1 Å². The van der Waals surface area contributed by atoms with Crippen LogP contribution in [0.1, 0.15) is 119 Å². The first-order valence-corrected chi connectivity index (χ1v) is 19.8. The first kappa shape index (κ1) is 37.7. The van der Waals surface area contributed by atoms with Crippen molar-refractivity contribution in [3.8, 4) is 0 Å². The van der Waals surface area contributed by atoms with E-state index in [1.165, 1.54) is 5.57 Å². The highest BCUT2D eigenvalue weighted by Gasteiger charge is 2.65. The number of allylic oxidation sites excluding steroid dienone is 2. The molecule has 0 bridgehead atoms. The van der Waals surface area contributed by atoms with E-state index in [0.29, 0.717) is 54.8 Å². The lowest BCUT2D eigenvalue weighted by atomic mass is 9.37. The van der Waals surface area contributed by atoms with E-state index in [0.717, 1.165) is 56.9 Å². The lowest BCUT2D eigenvalue weighted by Gasteiger charge is -2.67. The number of nitrogens with one attached hydrogen (secondary N) is 2. The van der Waals surface area contributed by atoms with Crippen molar-refractivity contribution in [1.29, 1.82) is 0 Å². The fourth-order valence-electron chi connectivity index (χ4n) is 13.4. The SMILES string of the molecule is CNC(O)(CO)CNC(=O)CC12CCC3C(CCC4C3(C)CCC3C(C)C(CC(=O)C5CC(C(=O)O)C5C)CCC34C)C1=C(C(C)C)C(=O)C2. The number of hydrogen-bond acceptors (Lipinski definition) is 7. The molecule has 50 heavy (non-hydrogen) atoms. The van der Waals surface area contributed by atoms with Gasteiger partial charge in [-0.05, 0) is 129 Å². The highest BCUT2D eigenvalue weighted by Crippen LogP contribution is 2.72. The highest BCUT2D eigenvalue weighted by molar-refractivity contribution is 6.01. The van der Waals surface area contributed by atoms with E-state index in [-0.39, 0.29) is 64.9 Å². The molecular weight excluding hydrogens is 632 g/mol. The van der Waals surface area contributed by atoms with E-state index < -0.39 is 23.7 Å². The molecular formula is C41H64N2O7. The zero-order valence-electron chi connectivity index (χ0n) is 31.6. The number of aliphatic hydroxyl groups is 2. The fourth-order valence-corrected chi connectivity index (χ4v) is 13.4. The number of carboxylic acids is 1. The van der Waals surface area contributed by atoms with E-state index in [9.17, 15) is 34.5 Å². The Morgan fingerprint density at radius 3 is 2.22 bits per heavy atom. The second-order valence-corrected chi connectivity index (χ2v) is 18.8. The number of rotatable bonds is 11. The number of hydrogen-bond donors (Lipinski definition) is 5. The minimum Gasteiger partial charge on any atom is -0.481 e. The van der Waals surface area contributed by atoms with Crippen molar-refractivity contribution in [3.05, 3.63) is 11.1 Å². The van der Waals surface area contributed by atoms with Crippen LogP contribution < -0.4 is 10.6 Å². The molecule has 6 aliphatic carbocycles. The number of carboxylic acid groups (broad SMARTS) is 1. The summed E-state index contributed by atoms with van der Waals surface area (Å²) in [5.41, 5.74) is 0.501. The molecule has 1 amide bonds. The van der Waals surface area contributed by atoms with Gasteiger partial charge in [-0.15, -0.1) is 0 Å². The highest BCUT2D eigenvalue weighted by atomic mass is 16.4. The molecule has 9 nitrogen and oxygen atoms in total. The molecule has 6 rings (SSSR count). The molecule has 0 aliphatic heterocycles. The maximum atomic E-state index is 13.8. The molecule has 5 N–H and O–H groups in total. The molecule has 0 spiro atoms. The quantitative estimate of drug-likeness (QED) is 0.177. The summed E-state index contributed by atoms with van der Waals surface area (Å²) in [7, 11) is 1.54. The number of fused-ring (bicyclic) bond motifs is 7. The van der Waals surface area contributed by atoms with Gasteiger partial charge in [-0.25, -0.2) is 0 Å². The summed E-state index contributed by atoms with van der Waals surface area (Å²) >= 11 is 0. The second-order valence-electron chi connectivity index (χ2n) is 18.8. The van der Waals surface area contributed by atoms with E-state index >= 15 is 0 Å². The lowest BCUT2D eigenvalue weighted by Crippen LogP contribution is -2.60. The molecule has 0 heterocycles. The Labute approximate surface area is 299 Å². The van der Waals surface area contributed by atoms with E-state index in [4.69, 9.17) is 0 Å². The Hall–Kier alpha value is -2.10. The van der Waals surface area contributed by atoms with Crippen molar-refractivity contribution >= 4 is 23.4 Å². The van der Waals surface area contributed by atoms with Crippen molar-refractivity contribution in [2.45, 2.75) is 124 Å². The molecule has 0 aromatic heterocycles. The van der Waals surface area contributed by atoms with Crippen LogP contribution in [-0.4, -0.2) is 64.7 Å². The minimum absolute atomic E-state index is 0.0653. The van der Waals surface area contributed by atoms with Crippen LogP contribution in [0.4, 0.5) is 0 Å². The summed E-state index contributed by atoms with van der Waals surface area (Å²) in [6.45, 7) is 13.0. The van der Waals surface area contributed by atoms with Crippen LogP contribution in [0.3, 0.4) is 0 Å². The smallest absolute Gasteiger partial charge is 0.306 e. The van der Waals surface area contributed by atoms with Crippen molar-refractivity contribution in [1.82, 2.24) is 10.6 Å². The first-order valence-electron chi connectivity index (χ1n) is 19.8. The monoisotopic (exact) mass is 696 g/mol. The number of Topliss-reactive ketones (excluding diaryl/α,β-unsaturated/α-hetero) is 2. The third kappa shape index (κ3) is 5.93. The summed E-state index contributed by atoms with van der Waals surface area (Å²) in [5.74, 6) is 1.78. The lowest BCUT2D eigenvalue weighted by molar-refractivity contribution is -0.173. The zero-order chi connectivity index (χ0) is 36.6. The van der Waals surface area contributed by atoms with Gasteiger partial charge in [-0.2, -0.15) is 0 Å². The third-order valence-corrected chi connectivity index (χ3v) is 16.3. The Bertz CT molecular complexity index is 1420. The Morgan fingerprint density at radius 2 is 1.60 bits per heavy atom. The number of aliphatic hydroxyl groups excluding tert-OH is 1. The minimum atomic E-state index is -1.59. The van der Waals surface area contributed by atoms with Gasteiger partial charge in [0.1, 0.15) is 5.78 Å². The van der Waals surface area contributed by atoms with E-state index in [1.807, 2.05) is 6.92 Å². The normalized spacial score (nSPS) is 43.6. The first-order chi connectivity index (χ1) is 23.4. The van der Waals surface area contributed by atoms with Crippen molar-refractivity contribution in [2.24, 2.45) is 75.4 Å².